The molecular formula is C25H22N2O2S. The normalized spacial score (nSPS) is 17.0. The van der Waals surface area contributed by atoms with E-state index in [1.54, 1.807) is 4.31 Å². The van der Waals surface area contributed by atoms with E-state index in [-0.39, 0.29) is 5.75 Å². The van der Waals surface area contributed by atoms with Crippen molar-refractivity contribution in [3.05, 3.63) is 113 Å². The quantitative estimate of drug-likeness (QED) is 0.504. The van der Waals surface area contributed by atoms with Gasteiger partial charge in [-0.05, 0) is 22.8 Å². The van der Waals surface area contributed by atoms with E-state index in [0.29, 0.717) is 6.54 Å². The van der Waals surface area contributed by atoms with Crippen LogP contribution < -0.4 is 0 Å². The second-order valence-corrected chi connectivity index (χ2v) is 9.46. The summed E-state index contributed by atoms with van der Waals surface area (Å²) in [4.78, 5) is 3.32. The first kappa shape index (κ1) is 18.9. The minimum atomic E-state index is -3.58. The molecule has 4 nitrogen and oxygen atoms in total. The predicted molar refractivity (Wildman–Crippen MR) is 121 cm³/mol. The van der Waals surface area contributed by atoms with Crippen LogP contribution in [-0.2, 0) is 15.8 Å². The van der Waals surface area contributed by atoms with Gasteiger partial charge in [-0.1, -0.05) is 84.9 Å². The molecule has 30 heavy (non-hydrogen) atoms. The van der Waals surface area contributed by atoms with Gasteiger partial charge in [0, 0.05) is 29.2 Å². The number of H-pyrrole nitrogens is 1. The molecule has 0 unspecified atom stereocenters. The molecule has 2 heterocycles. The van der Waals surface area contributed by atoms with Gasteiger partial charge in [-0.25, -0.2) is 8.42 Å². The Morgan fingerprint density at radius 1 is 0.867 bits per heavy atom. The highest BCUT2D eigenvalue weighted by Crippen LogP contribution is 2.39. The zero-order valence-corrected chi connectivity index (χ0v) is 17.2. The smallest absolute Gasteiger partial charge is 0.219 e. The Balaban J connectivity index is 1.68. The van der Waals surface area contributed by atoms with E-state index in [1.165, 1.54) is 0 Å². The summed E-state index contributed by atoms with van der Waals surface area (Å²) in [6, 6.07) is 25.0. The summed E-state index contributed by atoms with van der Waals surface area (Å²) >= 11 is 0. The number of hydrogen-bond acceptors (Lipinski definition) is 2. The molecule has 0 amide bonds. The first-order valence-electron chi connectivity index (χ1n) is 9.98. The summed E-state index contributed by atoms with van der Waals surface area (Å²) in [7, 11) is -3.58. The van der Waals surface area contributed by atoms with Gasteiger partial charge < -0.3 is 4.98 Å². The lowest BCUT2D eigenvalue weighted by atomic mass is 9.94. The average molecular weight is 415 g/mol. The number of sulfonamides is 1. The molecule has 150 valence electrons. The monoisotopic (exact) mass is 414 g/mol. The fourth-order valence-corrected chi connectivity index (χ4v) is 5.88. The van der Waals surface area contributed by atoms with Crippen molar-refractivity contribution >= 4 is 27.0 Å². The fourth-order valence-electron chi connectivity index (χ4n) is 4.24. The molecule has 0 spiro atoms. The van der Waals surface area contributed by atoms with Crippen LogP contribution in [-0.4, -0.2) is 24.3 Å². The molecule has 0 aliphatic carbocycles. The standard InChI is InChI=1S/C25H22N2O2S/c28-30(29,18-19-9-2-1-3-10-19)27-16-8-12-20-11-4-5-13-21(20)25(27)23-17-26-24-15-7-6-14-22(23)24/h1-15,17,25-26H,16,18H2/t25-/m0/s1. The number of para-hydroxylation sites is 1. The second kappa shape index (κ2) is 7.59. The Bertz CT molecular complexity index is 1320. The number of fused-ring (bicyclic) bond motifs is 2. The molecule has 1 aromatic heterocycles. The number of benzene rings is 3. The highest BCUT2D eigenvalue weighted by Gasteiger charge is 2.35. The lowest BCUT2D eigenvalue weighted by molar-refractivity contribution is 0.392. The molecule has 5 rings (SSSR count). The summed E-state index contributed by atoms with van der Waals surface area (Å²) in [6.45, 7) is 0.327. The molecule has 0 fully saturated rings. The number of nitrogens with zero attached hydrogens (tertiary/aromatic N) is 1. The number of nitrogens with one attached hydrogen (secondary N) is 1. The van der Waals surface area contributed by atoms with Crippen LogP contribution in [0.5, 0.6) is 0 Å². The summed E-state index contributed by atoms with van der Waals surface area (Å²) in [5.74, 6) is -0.0251. The molecule has 0 bridgehead atoms. The van der Waals surface area contributed by atoms with Crippen LogP contribution >= 0.6 is 0 Å². The number of rotatable bonds is 4. The van der Waals surface area contributed by atoms with Crippen LogP contribution in [0.25, 0.3) is 17.0 Å². The second-order valence-electron chi connectivity index (χ2n) is 7.53. The van der Waals surface area contributed by atoms with E-state index >= 15 is 0 Å². The highest BCUT2D eigenvalue weighted by atomic mass is 32.2. The van der Waals surface area contributed by atoms with Crippen LogP contribution in [0.4, 0.5) is 0 Å². The van der Waals surface area contributed by atoms with E-state index in [2.05, 4.69) is 4.98 Å². The van der Waals surface area contributed by atoms with Gasteiger partial charge in [0.2, 0.25) is 10.0 Å². The first-order valence-corrected chi connectivity index (χ1v) is 11.6. The van der Waals surface area contributed by atoms with Gasteiger partial charge in [-0.3, -0.25) is 0 Å². The maximum atomic E-state index is 13.6. The Morgan fingerprint density at radius 2 is 1.60 bits per heavy atom. The van der Waals surface area contributed by atoms with Crippen molar-refractivity contribution in [1.29, 1.82) is 0 Å². The third-order valence-electron chi connectivity index (χ3n) is 5.63. The van der Waals surface area contributed by atoms with E-state index in [1.807, 2.05) is 97.2 Å². The third-order valence-corrected chi connectivity index (χ3v) is 7.40. The Morgan fingerprint density at radius 3 is 2.47 bits per heavy atom. The van der Waals surface area contributed by atoms with Gasteiger partial charge in [-0.2, -0.15) is 4.31 Å². The molecule has 1 atom stereocenters. The van der Waals surface area contributed by atoms with Crippen molar-refractivity contribution in [3.8, 4) is 0 Å². The van der Waals surface area contributed by atoms with Crippen molar-refractivity contribution < 1.29 is 8.42 Å². The van der Waals surface area contributed by atoms with Crippen LogP contribution in [0.1, 0.15) is 28.3 Å². The molecule has 1 aliphatic heterocycles. The van der Waals surface area contributed by atoms with Gasteiger partial charge in [0.15, 0.2) is 0 Å². The molecule has 3 aromatic carbocycles. The van der Waals surface area contributed by atoms with Crippen LogP contribution in [0.3, 0.4) is 0 Å². The van der Waals surface area contributed by atoms with Gasteiger partial charge in [0.1, 0.15) is 0 Å². The number of hydrogen-bond donors (Lipinski definition) is 1. The summed E-state index contributed by atoms with van der Waals surface area (Å²) in [6.07, 6.45) is 5.91. The molecule has 0 saturated heterocycles. The van der Waals surface area contributed by atoms with Crippen molar-refractivity contribution in [2.75, 3.05) is 6.54 Å². The number of aromatic nitrogens is 1. The lowest BCUT2D eigenvalue weighted by Crippen LogP contribution is -2.36. The molecule has 5 heteroatoms. The summed E-state index contributed by atoms with van der Waals surface area (Å²) < 4.78 is 28.9. The largest absolute Gasteiger partial charge is 0.361 e. The minimum Gasteiger partial charge on any atom is -0.361 e. The Hall–Kier alpha value is -3.15. The summed E-state index contributed by atoms with van der Waals surface area (Å²) in [5, 5.41) is 1.04. The average Bonchev–Trinajstić information content (AvgIpc) is 3.08. The Kier molecular flexibility index (Phi) is 4.77. The zero-order valence-electron chi connectivity index (χ0n) is 16.4. The fraction of sp³-hybridized carbons (Fsp3) is 0.120. The van der Waals surface area contributed by atoms with E-state index in [0.717, 1.165) is 33.2 Å². The summed E-state index contributed by atoms with van der Waals surface area (Å²) in [5.41, 5.74) is 4.80. The molecule has 0 radical (unpaired) electrons. The van der Waals surface area contributed by atoms with Crippen molar-refractivity contribution in [2.24, 2.45) is 0 Å². The lowest BCUT2D eigenvalue weighted by Gasteiger charge is -2.30. The van der Waals surface area contributed by atoms with Crippen molar-refractivity contribution in [1.82, 2.24) is 9.29 Å². The van der Waals surface area contributed by atoms with E-state index in [9.17, 15) is 8.42 Å². The van der Waals surface area contributed by atoms with Crippen molar-refractivity contribution in [3.63, 3.8) is 0 Å². The van der Waals surface area contributed by atoms with E-state index in [4.69, 9.17) is 0 Å². The van der Waals surface area contributed by atoms with Crippen molar-refractivity contribution in [2.45, 2.75) is 11.8 Å². The Labute approximate surface area is 176 Å². The zero-order chi connectivity index (χ0) is 20.6. The van der Waals surface area contributed by atoms with Gasteiger partial charge in [0.05, 0.1) is 11.8 Å². The number of aromatic amines is 1. The molecule has 4 aromatic rings. The van der Waals surface area contributed by atoms with E-state index < -0.39 is 16.1 Å². The first-order chi connectivity index (χ1) is 14.6. The molecule has 1 N–H and O–H groups in total. The third kappa shape index (κ3) is 3.36. The molecule has 1 aliphatic rings. The van der Waals surface area contributed by atoms with Crippen LogP contribution in [0.15, 0.2) is 91.1 Å². The molecule has 0 saturated carbocycles. The molecular weight excluding hydrogens is 392 g/mol. The predicted octanol–water partition coefficient (Wildman–Crippen LogP) is 5.12. The van der Waals surface area contributed by atoms with Gasteiger partial charge >= 0.3 is 0 Å². The maximum absolute atomic E-state index is 13.6. The van der Waals surface area contributed by atoms with Crippen LogP contribution in [0, 0.1) is 0 Å². The highest BCUT2D eigenvalue weighted by molar-refractivity contribution is 7.88. The van der Waals surface area contributed by atoms with Gasteiger partial charge in [0.25, 0.3) is 0 Å². The SMILES string of the molecule is O=S(=O)(Cc1ccccc1)N1CC=Cc2ccccc2[C@H]1c1c[nH]c2ccccc12. The maximum Gasteiger partial charge on any atom is 0.219 e. The van der Waals surface area contributed by atoms with Crippen LogP contribution in [0.2, 0.25) is 0 Å². The van der Waals surface area contributed by atoms with Gasteiger partial charge in [-0.15, -0.1) is 0 Å². The minimum absolute atomic E-state index is 0.0251. The topological polar surface area (TPSA) is 53.2 Å².